The summed E-state index contributed by atoms with van der Waals surface area (Å²) in [6, 6.07) is 0.480. The van der Waals surface area contributed by atoms with E-state index in [0.29, 0.717) is 18.3 Å². The van der Waals surface area contributed by atoms with E-state index in [0.717, 1.165) is 5.75 Å². The van der Waals surface area contributed by atoms with Gasteiger partial charge in [-0.15, -0.1) is 0 Å². The highest BCUT2D eigenvalue weighted by molar-refractivity contribution is 8.13. The van der Waals surface area contributed by atoms with Gasteiger partial charge in [0.15, 0.2) is 5.12 Å². The van der Waals surface area contributed by atoms with E-state index in [1.807, 2.05) is 0 Å². The molecule has 0 aliphatic heterocycles. The zero-order valence-electron chi connectivity index (χ0n) is 12.2. The molecule has 0 saturated heterocycles. The molecule has 0 unspecified atom stereocenters. The molecule has 2 N–H and O–H groups in total. The lowest BCUT2D eigenvalue weighted by Gasteiger charge is -2.21. The van der Waals surface area contributed by atoms with E-state index in [-0.39, 0.29) is 5.12 Å². The molecule has 4 heteroatoms. The summed E-state index contributed by atoms with van der Waals surface area (Å²) in [6.07, 6.45) is 12.5. The maximum atomic E-state index is 10.8. The zero-order valence-corrected chi connectivity index (χ0v) is 13.0. The number of thioether (sulfide) groups is 1. The maximum Gasteiger partial charge on any atom is 0.185 e. The molecule has 1 aliphatic carbocycles. The molecule has 0 amide bonds. The summed E-state index contributed by atoms with van der Waals surface area (Å²) in [5.74, 6) is 1.34. The Balaban J connectivity index is 2.22. The average Bonchev–Trinajstić information content (AvgIpc) is 2.36. The van der Waals surface area contributed by atoms with Gasteiger partial charge in [-0.3, -0.25) is 10.2 Å². The third kappa shape index (κ3) is 9.09. The standard InChI is InChI=1S/C15H28N2OS/c1-13(18)19-12-11-15(16)17-14-9-7-5-3-2-4-6-8-10-14/h14H,2-12H2,1H3,(H2,16,17). The smallest absolute Gasteiger partial charge is 0.185 e. The van der Waals surface area contributed by atoms with E-state index in [1.165, 1.54) is 69.5 Å². The van der Waals surface area contributed by atoms with Crippen LogP contribution in [0.3, 0.4) is 0 Å². The minimum absolute atomic E-state index is 0.145. The van der Waals surface area contributed by atoms with Gasteiger partial charge in [0.2, 0.25) is 0 Å². The van der Waals surface area contributed by atoms with Crippen LogP contribution in [0.5, 0.6) is 0 Å². The molecule has 0 atom stereocenters. The molecule has 0 radical (unpaired) electrons. The van der Waals surface area contributed by atoms with Gasteiger partial charge in [0.05, 0.1) is 5.84 Å². The van der Waals surface area contributed by atoms with Crippen LogP contribution >= 0.6 is 11.8 Å². The average molecular weight is 284 g/mol. The molecule has 0 spiro atoms. The molecule has 0 aromatic carbocycles. The van der Waals surface area contributed by atoms with Crippen molar-refractivity contribution < 1.29 is 4.79 Å². The fourth-order valence-corrected chi connectivity index (χ4v) is 3.16. The summed E-state index contributed by atoms with van der Waals surface area (Å²) in [5, 5.41) is 11.5. The molecule has 0 aromatic heterocycles. The topological polar surface area (TPSA) is 53.0 Å². The van der Waals surface area contributed by atoms with Crippen LogP contribution in [0.25, 0.3) is 0 Å². The second-order valence-corrected chi connectivity index (χ2v) is 6.73. The summed E-state index contributed by atoms with van der Waals surface area (Å²) in [6.45, 7) is 1.59. The lowest BCUT2D eigenvalue weighted by atomic mass is 9.97. The largest absolute Gasteiger partial charge is 0.371 e. The lowest BCUT2D eigenvalue weighted by Crippen LogP contribution is -2.34. The first-order valence-electron chi connectivity index (χ1n) is 7.66. The van der Waals surface area contributed by atoms with E-state index >= 15 is 0 Å². The maximum absolute atomic E-state index is 10.8. The molecule has 0 bridgehead atoms. The molecular formula is C15H28N2OS. The van der Waals surface area contributed by atoms with Crippen LogP contribution in [-0.2, 0) is 4.79 Å². The molecule has 1 aliphatic rings. The van der Waals surface area contributed by atoms with Crippen molar-refractivity contribution in [3.05, 3.63) is 0 Å². The third-order valence-corrected chi connectivity index (χ3v) is 4.46. The van der Waals surface area contributed by atoms with Crippen molar-refractivity contribution >= 4 is 22.7 Å². The third-order valence-electron chi connectivity index (χ3n) is 3.64. The Hall–Kier alpha value is -0.510. The van der Waals surface area contributed by atoms with Crippen molar-refractivity contribution in [3.8, 4) is 0 Å². The monoisotopic (exact) mass is 284 g/mol. The molecule has 1 rings (SSSR count). The first-order valence-corrected chi connectivity index (χ1v) is 8.64. The Bertz CT molecular complexity index is 271. The normalized spacial score (nSPS) is 18.8. The number of nitrogens with one attached hydrogen (secondary N) is 2. The summed E-state index contributed by atoms with van der Waals surface area (Å²) in [7, 11) is 0. The van der Waals surface area contributed by atoms with Gasteiger partial charge in [0.1, 0.15) is 0 Å². The van der Waals surface area contributed by atoms with Crippen LogP contribution < -0.4 is 5.32 Å². The highest BCUT2D eigenvalue weighted by Gasteiger charge is 2.11. The second kappa shape index (κ2) is 10.3. The van der Waals surface area contributed by atoms with E-state index in [9.17, 15) is 4.79 Å². The quantitative estimate of drug-likeness (QED) is 0.603. The number of carbonyl (C=O) groups is 1. The minimum Gasteiger partial charge on any atom is -0.371 e. The molecular weight excluding hydrogens is 256 g/mol. The minimum atomic E-state index is 0.145. The van der Waals surface area contributed by atoms with Crippen molar-refractivity contribution in [2.75, 3.05) is 5.75 Å². The van der Waals surface area contributed by atoms with Crippen molar-refractivity contribution in [1.82, 2.24) is 5.32 Å². The van der Waals surface area contributed by atoms with Crippen LogP contribution in [0.15, 0.2) is 0 Å². The molecule has 19 heavy (non-hydrogen) atoms. The fourth-order valence-electron chi connectivity index (χ4n) is 2.57. The number of hydrogen-bond acceptors (Lipinski definition) is 3. The van der Waals surface area contributed by atoms with Crippen molar-refractivity contribution in [1.29, 1.82) is 5.41 Å². The summed E-state index contributed by atoms with van der Waals surface area (Å²) >= 11 is 1.32. The molecule has 0 aromatic rings. The molecule has 3 nitrogen and oxygen atoms in total. The predicted octanol–water partition coefficient (Wildman–Crippen LogP) is 4.12. The Morgan fingerprint density at radius 3 is 2.16 bits per heavy atom. The van der Waals surface area contributed by atoms with Crippen molar-refractivity contribution in [2.45, 2.75) is 77.2 Å². The van der Waals surface area contributed by atoms with Gasteiger partial charge in [0.25, 0.3) is 0 Å². The Morgan fingerprint density at radius 1 is 1.11 bits per heavy atom. The van der Waals surface area contributed by atoms with Crippen molar-refractivity contribution in [3.63, 3.8) is 0 Å². The SMILES string of the molecule is CC(=O)SCCC(=N)NC1CCCCCCCCC1. The van der Waals surface area contributed by atoms with Crippen molar-refractivity contribution in [2.24, 2.45) is 0 Å². The van der Waals surface area contributed by atoms with Crippen LogP contribution in [0.1, 0.15) is 71.1 Å². The summed E-state index contributed by atoms with van der Waals surface area (Å²) in [4.78, 5) is 10.8. The number of amidine groups is 1. The predicted molar refractivity (Wildman–Crippen MR) is 84.0 cm³/mol. The first kappa shape index (κ1) is 16.5. The Labute approximate surface area is 121 Å². The van der Waals surface area contributed by atoms with Gasteiger partial charge >= 0.3 is 0 Å². The van der Waals surface area contributed by atoms with Crippen LogP contribution in [-0.4, -0.2) is 22.7 Å². The van der Waals surface area contributed by atoms with Gasteiger partial charge < -0.3 is 5.32 Å². The highest BCUT2D eigenvalue weighted by atomic mass is 32.2. The number of hydrogen-bond donors (Lipinski definition) is 2. The number of carbonyl (C=O) groups excluding carboxylic acids is 1. The molecule has 1 fully saturated rings. The van der Waals surface area contributed by atoms with Gasteiger partial charge in [-0.05, 0) is 12.8 Å². The first-order chi connectivity index (χ1) is 9.18. The van der Waals surface area contributed by atoms with Gasteiger partial charge in [-0.2, -0.15) is 0 Å². The van der Waals surface area contributed by atoms with Gasteiger partial charge in [-0.25, -0.2) is 0 Å². The van der Waals surface area contributed by atoms with E-state index in [4.69, 9.17) is 5.41 Å². The second-order valence-electron chi connectivity index (χ2n) is 5.46. The fraction of sp³-hybridized carbons (Fsp3) is 0.867. The van der Waals surface area contributed by atoms with Crippen LogP contribution in [0.2, 0.25) is 0 Å². The lowest BCUT2D eigenvalue weighted by molar-refractivity contribution is -0.109. The Kier molecular flexibility index (Phi) is 8.97. The van der Waals surface area contributed by atoms with Gasteiger partial charge in [-0.1, -0.05) is 56.7 Å². The summed E-state index contributed by atoms with van der Waals surface area (Å²) in [5.41, 5.74) is 0. The van der Waals surface area contributed by atoms with E-state index in [2.05, 4.69) is 5.32 Å². The van der Waals surface area contributed by atoms with Crippen LogP contribution in [0.4, 0.5) is 0 Å². The Morgan fingerprint density at radius 2 is 1.63 bits per heavy atom. The molecule has 0 heterocycles. The highest BCUT2D eigenvalue weighted by Crippen LogP contribution is 2.17. The molecule has 1 saturated carbocycles. The van der Waals surface area contributed by atoms with Gasteiger partial charge in [0, 0.05) is 25.1 Å². The number of rotatable bonds is 4. The summed E-state index contributed by atoms with van der Waals surface area (Å²) < 4.78 is 0. The van der Waals surface area contributed by atoms with Crippen LogP contribution in [0, 0.1) is 5.41 Å². The molecule has 110 valence electrons. The zero-order chi connectivity index (χ0) is 13.9. The van der Waals surface area contributed by atoms with E-state index < -0.39 is 0 Å². The van der Waals surface area contributed by atoms with E-state index in [1.54, 1.807) is 6.92 Å².